The minimum absolute atomic E-state index is 0.0930. The maximum Gasteiger partial charge on any atom is 0.150 e. The normalized spacial score (nSPS) is 31.4. The van der Waals surface area contributed by atoms with E-state index in [2.05, 4.69) is 64.1 Å². The highest BCUT2D eigenvalue weighted by Gasteiger charge is 2.29. The van der Waals surface area contributed by atoms with Crippen molar-refractivity contribution in [3.8, 4) is 0 Å². The summed E-state index contributed by atoms with van der Waals surface area (Å²) in [5.74, 6) is 1.40. The van der Waals surface area contributed by atoms with Crippen molar-refractivity contribution in [2.45, 2.75) is 66.0 Å². The Morgan fingerprint density at radius 3 is 2.30 bits per heavy atom. The molecule has 0 amide bonds. The van der Waals surface area contributed by atoms with Crippen LogP contribution in [-0.4, -0.2) is 28.0 Å². The van der Waals surface area contributed by atoms with Crippen LogP contribution in [0, 0.1) is 5.92 Å². The van der Waals surface area contributed by atoms with E-state index < -0.39 is 0 Å². The quantitative estimate of drug-likeness (QED) is 0.733. The summed E-state index contributed by atoms with van der Waals surface area (Å²) in [6.07, 6.45) is 11.4. The molecular weight excluding hydrogens is 246 g/mol. The smallest absolute Gasteiger partial charge is 0.150 e. The second kappa shape index (κ2) is 6.38. The molecule has 2 heterocycles. The van der Waals surface area contributed by atoms with Gasteiger partial charge in [0.15, 0.2) is 5.84 Å². The van der Waals surface area contributed by atoms with Gasteiger partial charge in [0.05, 0.1) is 17.3 Å². The molecule has 0 aliphatic carbocycles. The van der Waals surface area contributed by atoms with Crippen molar-refractivity contribution < 1.29 is 0 Å². The Hall–Kier alpha value is -1.38. The van der Waals surface area contributed by atoms with Crippen LogP contribution in [0.5, 0.6) is 0 Å². The lowest BCUT2D eigenvalue weighted by molar-refractivity contribution is 0.423. The van der Waals surface area contributed by atoms with Crippen LogP contribution in [0.25, 0.3) is 0 Å². The zero-order chi connectivity index (χ0) is 15.4. The number of hydrogen-bond acceptors (Lipinski definition) is 3. The van der Waals surface area contributed by atoms with Crippen molar-refractivity contribution >= 4 is 12.1 Å². The fraction of sp³-hybridized carbons (Fsp3) is 0.647. The first-order valence-corrected chi connectivity index (χ1v) is 7.71. The molecule has 0 radical (unpaired) electrons. The number of hydrogen-bond donors (Lipinski definition) is 0. The van der Waals surface area contributed by atoms with Crippen molar-refractivity contribution in [3.05, 3.63) is 24.6 Å². The van der Waals surface area contributed by atoms with Crippen LogP contribution < -0.4 is 0 Å². The monoisotopic (exact) mass is 275 g/mol. The van der Waals surface area contributed by atoms with E-state index in [0.717, 1.165) is 12.3 Å². The summed E-state index contributed by atoms with van der Waals surface area (Å²) in [5, 5.41) is 0. The van der Waals surface area contributed by atoms with E-state index >= 15 is 0 Å². The topological polar surface area (TPSA) is 28.0 Å². The van der Waals surface area contributed by atoms with E-state index in [0.29, 0.717) is 5.92 Å². The van der Waals surface area contributed by atoms with Gasteiger partial charge in [0.25, 0.3) is 0 Å². The molecule has 0 spiro atoms. The standard InChI is InChI=1S/C15H23N3.C2H6/c1-6-14(4)7-9-18-10-8-15(5,12(2)3)16-11-13(18)17-14;1-2/h7-12H,6H2,1-5H3;1-2H3. The maximum absolute atomic E-state index is 4.79. The van der Waals surface area contributed by atoms with Crippen LogP contribution >= 0.6 is 0 Å². The van der Waals surface area contributed by atoms with Crippen LogP contribution in [0.2, 0.25) is 0 Å². The molecule has 2 aliphatic heterocycles. The van der Waals surface area contributed by atoms with Crippen molar-refractivity contribution in [2.75, 3.05) is 0 Å². The van der Waals surface area contributed by atoms with E-state index in [1.54, 1.807) is 0 Å². The Bertz CT molecular complexity index is 445. The molecule has 2 atom stereocenters. The van der Waals surface area contributed by atoms with E-state index in [4.69, 9.17) is 9.98 Å². The third-order valence-corrected chi connectivity index (χ3v) is 4.14. The third-order valence-electron chi connectivity index (χ3n) is 4.14. The summed E-state index contributed by atoms with van der Waals surface area (Å²) in [4.78, 5) is 11.6. The third kappa shape index (κ3) is 3.38. The molecule has 0 N–H and O–H groups in total. The van der Waals surface area contributed by atoms with E-state index in [1.165, 1.54) is 0 Å². The fourth-order valence-corrected chi connectivity index (χ4v) is 1.91. The molecular formula is C17H29N3. The van der Waals surface area contributed by atoms with Gasteiger partial charge in [0, 0.05) is 12.4 Å². The predicted octanol–water partition coefficient (Wildman–Crippen LogP) is 4.42. The molecule has 0 fully saturated rings. The van der Waals surface area contributed by atoms with Crippen LogP contribution in [0.15, 0.2) is 34.5 Å². The number of nitrogens with zero attached hydrogens (tertiary/aromatic N) is 3. The zero-order valence-electron chi connectivity index (χ0n) is 14.0. The van der Waals surface area contributed by atoms with Crippen molar-refractivity contribution in [1.82, 2.24) is 4.90 Å². The zero-order valence-corrected chi connectivity index (χ0v) is 14.0. The van der Waals surface area contributed by atoms with Crippen LogP contribution in [0.3, 0.4) is 0 Å². The highest BCUT2D eigenvalue weighted by molar-refractivity contribution is 6.30. The molecule has 0 aromatic rings. The summed E-state index contributed by atoms with van der Waals surface area (Å²) >= 11 is 0. The largest absolute Gasteiger partial charge is 0.308 e. The molecule has 112 valence electrons. The van der Waals surface area contributed by atoms with E-state index in [1.807, 2.05) is 20.1 Å². The van der Waals surface area contributed by atoms with Crippen molar-refractivity contribution in [3.63, 3.8) is 0 Å². The van der Waals surface area contributed by atoms with Gasteiger partial charge in [-0.15, -0.1) is 0 Å². The van der Waals surface area contributed by atoms with Gasteiger partial charge in [0.1, 0.15) is 0 Å². The molecule has 0 aromatic heterocycles. The molecule has 3 heteroatoms. The molecule has 2 unspecified atom stereocenters. The Kier molecular flexibility index (Phi) is 5.32. The fourth-order valence-electron chi connectivity index (χ4n) is 1.91. The SMILES string of the molecule is CC.CCC1(C)C=CN2C=CC(C)(C(C)C)N=CC2=N1. The van der Waals surface area contributed by atoms with Gasteiger partial charge in [-0.05, 0) is 38.3 Å². The van der Waals surface area contributed by atoms with Gasteiger partial charge in [-0.25, -0.2) is 0 Å². The second-order valence-corrected chi connectivity index (χ2v) is 5.86. The van der Waals surface area contributed by atoms with Crippen LogP contribution in [0.1, 0.15) is 54.9 Å². The lowest BCUT2D eigenvalue weighted by Crippen LogP contribution is -2.32. The first-order chi connectivity index (χ1) is 9.38. The number of rotatable bonds is 2. The maximum atomic E-state index is 4.79. The molecule has 2 aliphatic rings. The minimum Gasteiger partial charge on any atom is -0.308 e. The van der Waals surface area contributed by atoms with Gasteiger partial charge in [-0.1, -0.05) is 34.6 Å². The van der Waals surface area contributed by atoms with Gasteiger partial charge in [0.2, 0.25) is 0 Å². The number of fused-ring (bicyclic) bond motifs is 1. The number of amidine groups is 1. The highest BCUT2D eigenvalue weighted by atomic mass is 15.2. The molecule has 0 bridgehead atoms. The summed E-state index contributed by atoms with van der Waals surface area (Å²) in [5.41, 5.74) is -0.236. The Balaban J connectivity index is 0.000000956. The molecule has 0 saturated heterocycles. The molecule has 0 aromatic carbocycles. The Labute approximate surface area is 124 Å². The molecule has 2 rings (SSSR count). The first kappa shape index (κ1) is 16.7. The minimum atomic E-state index is -0.143. The van der Waals surface area contributed by atoms with Gasteiger partial charge < -0.3 is 4.90 Å². The average molecular weight is 275 g/mol. The average Bonchev–Trinajstić information content (AvgIpc) is 2.62. The van der Waals surface area contributed by atoms with Crippen LogP contribution in [-0.2, 0) is 0 Å². The summed E-state index contributed by atoms with van der Waals surface area (Å²) < 4.78 is 0. The lowest BCUT2D eigenvalue weighted by Gasteiger charge is -2.28. The molecule has 0 saturated carbocycles. The first-order valence-electron chi connectivity index (χ1n) is 7.71. The van der Waals surface area contributed by atoms with Crippen molar-refractivity contribution in [2.24, 2.45) is 15.9 Å². The van der Waals surface area contributed by atoms with Gasteiger partial charge in [-0.2, -0.15) is 0 Å². The van der Waals surface area contributed by atoms with Gasteiger partial charge >= 0.3 is 0 Å². The molecule has 3 nitrogen and oxygen atoms in total. The predicted molar refractivity (Wildman–Crippen MR) is 89.3 cm³/mol. The van der Waals surface area contributed by atoms with Crippen molar-refractivity contribution in [1.29, 1.82) is 0 Å². The highest BCUT2D eigenvalue weighted by Crippen LogP contribution is 2.27. The van der Waals surface area contributed by atoms with Gasteiger partial charge in [-0.3, -0.25) is 9.98 Å². The lowest BCUT2D eigenvalue weighted by atomic mass is 9.89. The Morgan fingerprint density at radius 1 is 1.15 bits per heavy atom. The second-order valence-electron chi connectivity index (χ2n) is 5.86. The van der Waals surface area contributed by atoms with E-state index in [9.17, 15) is 0 Å². The molecule has 20 heavy (non-hydrogen) atoms. The summed E-state index contributed by atoms with van der Waals surface area (Å²) in [6, 6.07) is 0. The number of aliphatic imine (C=N–C) groups is 2. The summed E-state index contributed by atoms with van der Waals surface area (Å²) in [7, 11) is 0. The summed E-state index contributed by atoms with van der Waals surface area (Å²) in [6.45, 7) is 14.9. The van der Waals surface area contributed by atoms with E-state index in [-0.39, 0.29) is 11.1 Å². The Morgan fingerprint density at radius 2 is 1.75 bits per heavy atom. The van der Waals surface area contributed by atoms with Crippen LogP contribution in [0.4, 0.5) is 0 Å².